The van der Waals surface area contributed by atoms with Crippen molar-refractivity contribution in [2.45, 2.75) is 32.7 Å². The zero-order valence-corrected chi connectivity index (χ0v) is 16.6. The number of hydrogen-bond donors (Lipinski definition) is 1. The van der Waals surface area contributed by atoms with Crippen molar-refractivity contribution in [1.82, 2.24) is 10.3 Å². The molecular formula is C23H24N2O4. The Morgan fingerprint density at radius 1 is 1.10 bits per heavy atom. The van der Waals surface area contributed by atoms with Gasteiger partial charge in [0.15, 0.2) is 12.4 Å². The summed E-state index contributed by atoms with van der Waals surface area (Å²) < 4.78 is 11.1. The van der Waals surface area contributed by atoms with Crippen molar-refractivity contribution in [2.75, 3.05) is 6.61 Å². The van der Waals surface area contributed by atoms with E-state index in [1.54, 1.807) is 30.5 Å². The third kappa shape index (κ3) is 5.31. The Morgan fingerprint density at radius 2 is 1.83 bits per heavy atom. The Hall–Kier alpha value is -3.41. The maximum absolute atomic E-state index is 12.6. The summed E-state index contributed by atoms with van der Waals surface area (Å²) in [5.41, 5.74) is 1.70. The van der Waals surface area contributed by atoms with Gasteiger partial charge in [-0.2, -0.15) is 0 Å². The Bertz CT molecular complexity index is 966. The van der Waals surface area contributed by atoms with Gasteiger partial charge in [-0.05, 0) is 25.5 Å². The summed E-state index contributed by atoms with van der Waals surface area (Å²) in [6.07, 6.45) is 3.46. The number of carbonyl (C=O) groups excluding carboxylic acids is 2. The van der Waals surface area contributed by atoms with Crippen LogP contribution in [-0.2, 0) is 9.53 Å². The summed E-state index contributed by atoms with van der Waals surface area (Å²) in [6.45, 7) is 3.64. The Labute approximate surface area is 169 Å². The minimum Gasteiger partial charge on any atom is -0.452 e. The van der Waals surface area contributed by atoms with E-state index >= 15 is 0 Å². The molecule has 1 amide bonds. The number of carbonyl (C=O) groups is 2. The highest BCUT2D eigenvalue weighted by Crippen LogP contribution is 2.28. The van der Waals surface area contributed by atoms with Crippen LogP contribution in [0.15, 0.2) is 65.2 Å². The van der Waals surface area contributed by atoms with Crippen molar-refractivity contribution < 1.29 is 18.7 Å². The lowest BCUT2D eigenvalue weighted by Crippen LogP contribution is -2.35. The van der Waals surface area contributed by atoms with Gasteiger partial charge in [0.2, 0.25) is 5.89 Å². The number of nitrogens with one attached hydrogen (secondary N) is 1. The lowest BCUT2D eigenvalue weighted by atomic mass is 10.1. The maximum Gasteiger partial charge on any atom is 0.339 e. The van der Waals surface area contributed by atoms with Gasteiger partial charge in [-0.25, -0.2) is 9.78 Å². The first-order chi connectivity index (χ1) is 14.1. The molecule has 0 radical (unpaired) electrons. The summed E-state index contributed by atoms with van der Waals surface area (Å²) in [5, 5.41) is 2.81. The highest BCUT2D eigenvalue weighted by Gasteiger charge is 2.19. The van der Waals surface area contributed by atoms with Gasteiger partial charge in [0.1, 0.15) is 0 Å². The number of nitrogens with zero attached hydrogens (tertiary/aromatic N) is 1. The third-order valence-electron chi connectivity index (χ3n) is 4.40. The number of aromatic nitrogens is 1. The zero-order chi connectivity index (χ0) is 20.6. The molecule has 1 atom stereocenters. The topological polar surface area (TPSA) is 81.4 Å². The summed E-state index contributed by atoms with van der Waals surface area (Å²) in [6, 6.07) is 16.5. The van der Waals surface area contributed by atoms with Crippen LogP contribution in [0.2, 0.25) is 0 Å². The maximum atomic E-state index is 12.6. The van der Waals surface area contributed by atoms with E-state index in [9.17, 15) is 9.59 Å². The molecular weight excluding hydrogens is 368 g/mol. The molecule has 1 aromatic heterocycles. The molecule has 0 bridgehead atoms. The highest BCUT2D eigenvalue weighted by atomic mass is 16.5. The van der Waals surface area contributed by atoms with Crippen molar-refractivity contribution in [2.24, 2.45) is 0 Å². The smallest absolute Gasteiger partial charge is 0.339 e. The van der Waals surface area contributed by atoms with Gasteiger partial charge in [-0.3, -0.25) is 4.79 Å². The number of hydrogen-bond acceptors (Lipinski definition) is 5. The Morgan fingerprint density at radius 3 is 2.59 bits per heavy atom. The molecule has 2 aromatic carbocycles. The van der Waals surface area contributed by atoms with Crippen molar-refractivity contribution in [1.29, 1.82) is 0 Å². The standard InChI is InChI=1S/C23H24N2O4/c1-3-9-16(2)25-21(26)15-28-23(27)19-13-8-7-12-18(19)22-24-14-20(29-22)17-10-5-4-6-11-17/h4-8,10-14,16H,3,9,15H2,1-2H3,(H,25,26)/t16-/m0/s1. The minimum atomic E-state index is -0.599. The molecule has 6 heteroatoms. The van der Waals surface area contributed by atoms with E-state index < -0.39 is 5.97 Å². The van der Waals surface area contributed by atoms with Crippen LogP contribution in [-0.4, -0.2) is 29.5 Å². The van der Waals surface area contributed by atoms with Crippen LogP contribution in [0, 0.1) is 0 Å². The first-order valence-electron chi connectivity index (χ1n) is 9.65. The van der Waals surface area contributed by atoms with Crippen molar-refractivity contribution in [3.63, 3.8) is 0 Å². The van der Waals surface area contributed by atoms with Crippen LogP contribution >= 0.6 is 0 Å². The normalized spacial score (nSPS) is 11.7. The number of amides is 1. The first-order valence-corrected chi connectivity index (χ1v) is 9.65. The van der Waals surface area contributed by atoms with Gasteiger partial charge < -0.3 is 14.5 Å². The van der Waals surface area contributed by atoms with Gasteiger partial charge in [0.25, 0.3) is 5.91 Å². The van der Waals surface area contributed by atoms with Gasteiger partial charge in [0, 0.05) is 11.6 Å². The predicted octanol–water partition coefficient (Wildman–Crippen LogP) is 4.47. The van der Waals surface area contributed by atoms with Gasteiger partial charge in [-0.1, -0.05) is 55.8 Å². The molecule has 0 saturated carbocycles. The van der Waals surface area contributed by atoms with E-state index in [0.29, 0.717) is 22.8 Å². The van der Waals surface area contributed by atoms with Crippen LogP contribution in [0.1, 0.15) is 37.0 Å². The fraction of sp³-hybridized carbons (Fsp3) is 0.261. The molecule has 1 N–H and O–H groups in total. The average Bonchev–Trinajstić information content (AvgIpc) is 3.23. The summed E-state index contributed by atoms with van der Waals surface area (Å²) in [5.74, 6) is 0.00288. The fourth-order valence-electron chi connectivity index (χ4n) is 3.01. The van der Waals surface area contributed by atoms with Crippen LogP contribution in [0.4, 0.5) is 0 Å². The van der Waals surface area contributed by atoms with Crippen molar-refractivity contribution in [3.05, 3.63) is 66.4 Å². The molecule has 29 heavy (non-hydrogen) atoms. The molecule has 0 aliphatic carbocycles. The second-order valence-corrected chi connectivity index (χ2v) is 6.77. The number of oxazole rings is 1. The van der Waals surface area contributed by atoms with Crippen LogP contribution in [0.3, 0.4) is 0 Å². The molecule has 0 spiro atoms. The summed E-state index contributed by atoms with van der Waals surface area (Å²) >= 11 is 0. The second kappa shape index (κ2) is 9.68. The van der Waals surface area contributed by atoms with E-state index in [1.807, 2.05) is 44.2 Å². The van der Waals surface area contributed by atoms with Crippen molar-refractivity contribution >= 4 is 11.9 Å². The molecule has 0 aliphatic rings. The first kappa shape index (κ1) is 20.3. The number of benzene rings is 2. The predicted molar refractivity (Wildman–Crippen MR) is 110 cm³/mol. The largest absolute Gasteiger partial charge is 0.452 e. The van der Waals surface area contributed by atoms with Crippen LogP contribution in [0.25, 0.3) is 22.8 Å². The number of rotatable bonds is 8. The molecule has 0 saturated heterocycles. The summed E-state index contributed by atoms with van der Waals surface area (Å²) in [4.78, 5) is 28.8. The Kier molecular flexibility index (Phi) is 6.79. The zero-order valence-electron chi connectivity index (χ0n) is 16.6. The van der Waals surface area contributed by atoms with E-state index in [2.05, 4.69) is 10.3 Å². The van der Waals surface area contributed by atoms with E-state index in [0.717, 1.165) is 18.4 Å². The molecule has 150 valence electrons. The minimum absolute atomic E-state index is 0.0437. The molecule has 6 nitrogen and oxygen atoms in total. The highest BCUT2D eigenvalue weighted by molar-refractivity contribution is 5.97. The van der Waals surface area contributed by atoms with Crippen LogP contribution < -0.4 is 5.32 Å². The lowest BCUT2D eigenvalue weighted by molar-refractivity contribution is -0.124. The van der Waals surface area contributed by atoms with Gasteiger partial charge in [-0.15, -0.1) is 0 Å². The third-order valence-corrected chi connectivity index (χ3v) is 4.40. The van der Waals surface area contributed by atoms with Gasteiger partial charge in [0.05, 0.1) is 17.3 Å². The van der Waals surface area contributed by atoms with E-state index in [4.69, 9.17) is 9.15 Å². The van der Waals surface area contributed by atoms with E-state index in [-0.39, 0.29) is 18.6 Å². The molecule has 3 rings (SSSR count). The molecule has 0 unspecified atom stereocenters. The lowest BCUT2D eigenvalue weighted by Gasteiger charge is -2.13. The monoisotopic (exact) mass is 392 g/mol. The number of ether oxygens (including phenoxy) is 1. The quantitative estimate of drug-likeness (QED) is 0.572. The molecule has 0 fully saturated rings. The van der Waals surface area contributed by atoms with Gasteiger partial charge >= 0.3 is 5.97 Å². The van der Waals surface area contributed by atoms with Crippen molar-refractivity contribution in [3.8, 4) is 22.8 Å². The SMILES string of the molecule is CCC[C@H](C)NC(=O)COC(=O)c1ccccc1-c1ncc(-c2ccccc2)o1. The summed E-state index contributed by atoms with van der Waals surface area (Å²) in [7, 11) is 0. The molecule has 0 aliphatic heterocycles. The number of esters is 1. The fourth-order valence-corrected chi connectivity index (χ4v) is 3.01. The molecule has 3 aromatic rings. The average molecular weight is 392 g/mol. The van der Waals surface area contributed by atoms with Crippen LogP contribution in [0.5, 0.6) is 0 Å². The van der Waals surface area contributed by atoms with E-state index in [1.165, 1.54) is 0 Å². The Balaban J connectivity index is 1.71. The second-order valence-electron chi connectivity index (χ2n) is 6.77. The molecule has 1 heterocycles.